The van der Waals surface area contributed by atoms with E-state index < -0.39 is 0 Å². The van der Waals surface area contributed by atoms with Crippen LogP contribution in [0.4, 0.5) is 0 Å². The maximum atomic E-state index is 12.7. The van der Waals surface area contributed by atoms with Gasteiger partial charge in [-0.1, -0.05) is 84.0 Å². The van der Waals surface area contributed by atoms with Crippen LogP contribution in [0.1, 0.15) is 110 Å². The molecular formula is C28H55N3O4. The van der Waals surface area contributed by atoms with E-state index in [1.165, 1.54) is 70.6 Å². The number of hydrogen-bond donors (Lipinski definition) is 2. The Hall–Kier alpha value is -1.18. The van der Waals surface area contributed by atoms with Crippen LogP contribution < -0.4 is 10.6 Å². The lowest BCUT2D eigenvalue weighted by molar-refractivity contribution is -0.138. The van der Waals surface area contributed by atoms with Crippen molar-refractivity contribution >= 4 is 11.8 Å². The zero-order valence-electron chi connectivity index (χ0n) is 22.9. The second-order valence-corrected chi connectivity index (χ2v) is 9.86. The minimum Gasteiger partial charge on any atom is -0.378 e. The van der Waals surface area contributed by atoms with Crippen LogP contribution in [-0.4, -0.2) is 75.9 Å². The summed E-state index contributed by atoms with van der Waals surface area (Å²) in [5.74, 6) is 0.0933. The minimum atomic E-state index is -0.311. The molecule has 0 bridgehead atoms. The standard InChI is InChI=1S/C28H55N3O4/c1-3-4-5-6-7-8-9-10-11-12-13-14-15-18-27(32)31-21-16-17-26(31)28(33)30-20-23-35-25-24-34-22-19-29-2/h26,29H,3-25H2,1-2H3,(H,30,33). The monoisotopic (exact) mass is 497 g/mol. The normalized spacial score (nSPS) is 15.6. The third kappa shape index (κ3) is 17.0. The van der Waals surface area contributed by atoms with E-state index in [2.05, 4.69) is 17.6 Å². The third-order valence-corrected chi connectivity index (χ3v) is 6.78. The van der Waals surface area contributed by atoms with Crippen molar-refractivity contribution in [1.82, 2.24) is 15.5 Å². The molecule has 0 saturated carbocycles. The summed E-state index contributed by atoms with van der Waals surface area (Å²) in [6, 6.07) is -0.311. The van der Waals surface area contributed by atoms with Crippen LogP contribution in [-0.2, 0) is 19.1 Å². The Kier molecular flexibility index (Phi) is 21.1. The predicted molar refractivity (Wildman–Crippen MR) is 144 cm³/mol. The van der Waals surface area contributed by atoms with E-state index in [1.54, 1.807) is 4.90 Å². The van der Waals surface area contributed by atoms with Crippen LogP contribution in [0.3, 0.4) is 0 Å². The summed E-state index contributed by atoms with van der Waals surface area (Å²) in [5.41, 5.74) is 0. The van der Waals surface area contributed by atoms with E-state index in [4.69, 9.17) is 9.47 Å². The molecule has 2 amide bonds. The van der Waals surface area contributed by atoms with E-state index in [0.29, 0.717) is 45.9 Å². The number of nitrogens with one attached hydrogen (secondary N) is 2. The summed E-state index contributed by atoms with van der Waals surface area (Å²) < 4.78 is 10.9. The van der Waals surface area contributed by atoms with E-state index in [1.807, 2.05) is 7.05 Å². The van der Waals surface area contributed by atoms with Gasteiger partial charge in [-0.3, -0.25) is 9.59 Å². The molecule has 1 saturated heterocycles. The summed E-state index contributed by atoms with van der Waals surface area (Å²) in [6.07, 6.45) is 19.1. The number of nitrogens with zero attached hydrogens (tertiary/aromatic N) is 1. The highest BCUT2D eigenvalue weighted by Crippen LogP contribution is 2.20. The van der Waals surface area contributed by atoms with Gasteiger partial charge in [0.1, 0.15) is 6.04 Å². The second-order valence-electron chi connectivity index (χ2n) is 9.86. The molecule has 1 atom stereocenters. The van der Waals surface area contributed by atoms with Gasteiger partial charge in [0.15, 0.2) is 0 Å². The van der Waals surface area contributed by atoms with Crippen LogP contribution in [0.2, 0.25) is 0 Å². The van der Waals surface area contributed by atoms with Gasteiger partial charge in [0.25, 0.3) is 0 Å². The summed E-state index contributed by atoms with van der Waals surface area (Å²) in [4.78, 5) is 27.0. The molecule has 7 nitrogen and oxygen atoms in total. The van der Waals surface area contributed by atoms with Crippen LogP contribution in [0.25, 0.3) is 0 Å². The van der Waals surface area contributed by atoms with Crippen LogP contribution in [0.15, 0.2) is 0 Å². The van der Waals surface area contributed by atoms with E-state index in [0.717, 1.165) is 32.2 Å². The maximum Gasteiger partial charge on any atom is 0.242 e. The number of ether oxygens (including phenoxy) is 2. The summed E-state index contributed by atoms with van der Waals surface area (Å²) in [6.45, 7) is 6.46. The number of rotatable bonds is 24. The highest BCUT2D eigenvalue weighted by atomic mass is 16.5. The minimum absolute atomic E-state index is 0.0462. The van der Waals surface area contributed by atoms with Gasteiger partial charge >= 0.3 is 0 Å². The summed E-state index contributed by atoms with van der Waals surface area (Å²) >= 11 is 0. The molecule has 1 aliphatic heterocycles. The smallest absolute Gasteiger partial charge is 0.242 e. The van der Waals surface area contributed by atoms with Gasteiger partial charge in [0, 0.05) is 26.1 Å². The number of carbonyl (C=O) groups excluding carboxylic acids is 2. The molecule has 0 aromatic carbocycles. The van der Waals surface area contributed by atoms with Gasteiger partial charge in [-0.05, 0) is 26.3 Å². The van der Waals surface area contributed by atoms with Crippen molar-refractivity contribution < 1.29 is 19.1 Å². The molecule has 1 unspecified atom stereocenters. The molecule has 0 aromatic rings. The highest BCUT2D eigenvalue weighted by Gasteiger charge is 2.33. The fourth-order valence-electron chi connectivity index (χ4n) is 4.64. The Labute approximate surface area is 215 Å². The molecule has 2 N–H and O–H groups in total. The number of hydrogen-bond acceptors (Lipinski definition) is 5. The molecule has 1 fully saturated rings. The van der Waals surface area contributed by atoms with Crippen molar-refractivity contribution in [3.05, 3.63) is 0 Å². The average molecular weight is 498 g/mol. The zero-order chi connectivity index (χ0) is 25.4. The highest BCUT2D eigenvalue weighted by molar-refractivity contribution is 5.88. The number of carbonyl (C=O) groups is 2. The van der Waals surface area contributed by atoms with Gasteiger partial charge in [-0.15, -0.1) is 0 Å². The Morgan fingerprint density at radius 1 is 0.771 bits per heavy atom. The van der Waals surface area contributed by atoms with Crippen molar-refractivity contribution in [3.8, 4) is 0 Å². The van der Waals surface area contributed by atoms with Crippen molar-refractivity contribution in [2.75, 3.05) is 53.1 Å². The molecule has 0 radical (unpaired) electrons. The van der Waals surface area contributed by atoms with E-state index in [9.17, 15) is 9.59 Å². The Morgan fingerprint density at radius 3 is 1.89 bits per heavy atom. The molecule has 1 aliphatic rings. The molecule has 1 rings (SSSR count). The Bertz CT molecular complexity index is 518. The number of amides is 2. The van der Waals surface area contributed by atoms with Gasteiger partial charge in [0.2, 0.25) is 11.8 Å². The fourth-order valence-corrected chi connectivity index (χ4v) is 4.64. The molecule has 7 heteroatoms. The maximum absolute atomic E-state index is 12.7. The second kappa shape index (κ2) is 23.2. The lowest BCUT2D eigenvalue weighted by atomic mass is 10.0. The van der Waals surface area contributed by atoms with Gasteiger partial charge in [-0.25, -0.2) is 0 Å². The van der Waals surface area contributed by atoms with E-state index in [-0.39, 0.29) is 17.9 Å². The third-order valence-electron chi connectivity index (χ3n) is 6.78. The predicted octanol–water partition coefficient (Wildman–Crippen LogP) is 4.83. The van der Waals surface area contributed by atoms with Crippen LogP contribution >= 0.6 is 0 Å². The van der Waals surface area contributed by atoms with E-state index >= 15 is 0 Å². The van der Waals surface area contributed by atoms with Crippen LogP contribution in [0.5, 0.6) is 0 Å². The molecule has 0 spiro atoms. The zero-order valence-corrected chi connectivity index (χ0v) is 22.9. The van der Waals surface area contributed by atoms with Gasteiger partial charge in [0.05, 0.1) is 26.4 Å². The first kappa shape index (κ1) is 31.8. The Balaban J connectivity index is 2.00. The fraction of sp³-hybridized carbons (Fsp3) is 0.929. The molecule has 0 aliphatic carbocycles. The van der Waals surface area contributed by atoms with Crippen molar-refractivity contribution in [3.63, 3.8) is 0 Å². The largest absolute Gasteiger partial charge is 0.378 e. The first-order valence-corrected chi connectivity index (χ1v) is 14.6. The first-order chi connectivity index (χ1) is 17.2. The number of likely N-dealkylation sites (tertiary alicyclic amines) is 1. The van der Waals surface area contributed by atoms with Crippen LogP contribution in [0, 0.1) is 0 Å². The first-order valence-electron chi connectivity index (χ1n) is 14.6. The number of unbranched alkanes of at least 4 members (excludes halogenated alkanes) is 12. The molecule has 35 heavy (non-hydrogen) atoms. The molecule has 1 heterocycles. The lowest BCUT2D eigenvalue weighted by Crippen LogP contribution is -2.46. The van der Waals surface area contributed by atoms with Crippen molar-refractivity contribution in [2.24, 2.45) is 0 Å². The van der Waals surface area contributed by atoms with Crippen molar-refractivity contribution in [2.45, 2.75) is 116 Å². The summed E-state index contributed by atoms with van der Waals surface area (Å²) in [7, 11) is 1.89. The Morgan fingerprint density at radius 2 is 1.31 bits per heavy atom. The molecular weight excluding hydrogens is 442 g/mol. The molecule has 206 valence electrons. The quantitative estimate of drug-likeness (QED) is 0.187. The topological polar surface area (TPSA) is 79.9 Å². The molecule has 0 aromatic heterocycles. The SMILES string of the molecule is CCCCCCCCCCCCCCCC(=O)N1CCCC1C(=O)NCCOCCOCCNC. The lowest BCUT2D eigenvalue weighted by Gasteiger charge is -2.24. The average Bonchev–Trinajstić information content (AvgIpc) is 3.36. The summed E-state index contributed by atoms with van der Waals surface area (Å²) in [5, 5.41) is 5.95. The number of likely N-dealkylation sites (N-methyl/N-ethyl adjacent to an activating group) is 1. The van der Waals surface area contributed by atoms with Gasteiger partial charge in [-0.2, -0.15) is 0 Å². The van der Waals surface area contributed by atoms with Crippen molar-refractivity contribution in [1.29, 1.82) is 0 Å². The van der Waals surface area contributed by atoms with Gasteiger partial charge < -0.3 is 25.0 Å².